The van der Waals surface area contributed by atoms with Gasteiger partial charge in [0.1, 0.15) is 5.75 Å². The lowest BCUT2D eigenvalue weighted by atomic mass is 10.0. The van der Waals surface area contributed by atoms with Crippen LogP contribution in [0.1, 0.15) is 28.4 Å². The molecule has 0 aliphatic carbocycles. The van der Waals surface area contributed by atoms with Gasteiger partial charge in [-0.3, -0.25) is 18.6 Å². The van der Waals surface area contributed by atoms with Gasteiger partial charge in [-0.05, 0) is 62.2 Å². The van der Waals surface area contributed by atoms with Crippen molar-refractivity contribution >= 4 is 23.2 Å². The molecule has 2 aromatic carbocycles. The Morgan fingerprint density at radius 1 is 1.03 bits per heavy atom. The molecule has 0 fully saturated rings. The number of fused-ring (bicyclic) bond motifs is 1. The Kier molecular flexibility index (Phi) is 5.65. The van der Waals surface area contributed by atoms with Gasteiger partial charge in [-0.25, -0.2) is 0 Å². The van der Waals surface area contributed by atoms with Gasteiger partial charge in [0.05, 0.1) is 12.4 Å². The van der Waals surface area contributed by atoms with Crippen LogP contribution in [0.3, 0.4) is 0 Å². The molecule has 0 amide bonds. The zero-order valence-corrected chi connectivity index (χ0v) is 18.5. The van der Waals surface area contributed by atoms with Gasteiger partial charge in [0, 0.05) is 23.6 Å². The monoisotopic (exact) mass is 434 g/mol. The zero-order valence-electron chi connectivity index (χ0n) is 17.7. The van der Waals surface area contributed by atoms with Crippen LogP contribution < -0.4 is 10.3 Å². The minimum Gasteiger partial charge on any atom is -0.497 e. The topological polar surface area (TPSA) is 78.5 Å². The maximum atomic E-state index is 12.9. The Labute approximate surface area is 183 Å². The molecule has 8 heteroatoms. The van der Waals surface area contributed by atoms with E-state index >= 15 is 0 Å². The number of ketones is 1. The molecule has 158 valence electrons. The van der Waals surface area contributed by atoms with E-state index < -0.39 is 0 Å². The number of methoxy groups -OCH3 is 1. The molecule has 0 bridgehead atoms. The molecule has 0 N–H and O–H groups in total. The first-order valence-electron chi connectivity index (χ1n) is 9.78. The maximum Gasteiger partial charge on any atom is 0.300 e. The van der Waals surface area contributed by atoms with Crippen molar-refractivity contribution in [1.82, 2.24) is 19.2 Å². The average Bonchev–Trinajstić information content (AvgIpc) is 3.19. The van der Waals surface area contributed by atoms with Crippen LogP contribution in [0.15, 0.2) is 64.8 Å². The number of aromatic nitrogens is 4. The minimum absolute atomic E-state index is 0.0106. The highest BCUT2D eigenvalue weighted by atomic mass is 32.2. The molecule has 0 saturated heterocycles. The van der Waals surface area contributed by atoms with Crippen molar-refractivity contribution in [3.8, 4) is 11.4 Å². The summed E-state index contributed by atoms with van der Waals surface area (Å²) in [6, 6.07) is 12.9. The van der Waals surface area contributed by atoms with Crippen molar-refractivity contribution in [3.05, 3.63) is 81.9 Å². The summed E-state index contributed by atoms with van der Waals surface area (Å²) in [5.74, 6) is 0.720. The van der Waals surface area contributed by atoms with E-state index in [2.05, 4.69) is 10.2 Å². The molecule has 2 aromatic heterocycles. The highest BCUT2D eigenvalue weighted by Crippen LogP contribution is 2.25. The van der Waals surface area contributed by atoms with Gasteiger partial charge in [-0.2, -0.15) is 0 Å². The van der Waals surface area contributed by atoms with Crippen molar-refractivity contribution < 1.29 is 9.53 Å². The predicted molar refractivity (Wildman–Crippen MR) is 121 cm³/mol. The van der Waals surface area contributed by atoms with E-state index in [1.54, 1.807) is 48.2 Å². The number of ether oxygens (including phenoxy) is 1. The van der Waals surface area contributed by atoms with Crippen molar-refractivity contribution in [2.45, 2.75) is 31.2 Å². The van der Waals surface area contributed by atoms with Crippen LogP contribution in [-0.4, -0.2) is 37.3 Å². The highest BCUT2D eigenvalue weighted by Gasteiger charge is 2.21. The van der Waals surface area contributed by atoms with Gasteiger partial charge in [0.15, 0.2) is 10.9 Å². The lowest BCUT2D eigenvalue weighted by molar-refractivity contribution is 0.0993. The zero-order chi connectivity index (χ0) is 22.1. The third kappa shape index (κ3) is 3.98. The quantitative estimate of drug-likeness (QED) is 0.339. The number of aryl methyl sites for hydroxylation is 2. The summed E-state index contributed by atoms with van der Waals surface area (Å²) in [6.07, 6.45) is 3.40. The Balaban J connectivity index is 1.61. The molecule has 0 radical (unpaired) electrons. The number of hydrogen-bond donors (Lipinski definition) is 0. The fourth-order valence-electron chi connectivity index (χ4n) is 3.23. The third-order valence-electron chi connectivity index (χ3n) is 5.23. The molecule has 1 atom stereocenters. The third-order valence-corrected chi connectivity index (χ3v) is 6.29. The van der Waals surface area contributed by atoms with Crippen LogP contribution in [0.25, 0.3) is 11.3 Å². The first-order valence-corrected chi connectivity index (χ1v) is 10.7. The molecule has 2 heterocycles. The summed E-state index contributed by atoms with van der Waals surface area (Å²) in [5.41, 5.74) is 3.50. The lowest BCUT2D eigenvalue weighted by Crippen LogP contribution is -2.20. The van der Waals surface area contributed by atoms with Gasteiger partial charge >= 0.3 is 5.56 Å². The Morgan fingerprint density at radius 2 is 1.77 bits per heavy atom. The average molecular weight is 435 g/mol. The normalized spacial score (nSPS) is 12.1. The summed E-state index contributed by atoms with van der Waals surface area (Å²) in [4.78, 5) is 25.8. The van der Waals surface area contributed by atoms with Gasteiger partial charge in [0.2, 0.25) is 5.65 Å². The number of carbonyl (C=O) groups is 1. The van der Waals surface area contributed by atoms with Gasteiger partial charge in [0.25, 0.3) is 0 Å². The van der Waals surface area contributed by atoms with Crippen LogP contribution in [0.5, 0.6) is 5.75 Å². The molecular weight excluding hydrogens is 412 g/mol. The van der Waals surface area contributed by atoms with Gasteiger partial charge < -0.3 is 4.74 Å². The summed E-state index contributed by atoms with van der Waals surface area (Å²) in [7, 11) is 1.59. The standard InChI is InChI=1S/C23H22N4O3S/c1-14-5-6-17(13-15(14)2)20(28)16(3)31-23-25-24-21-22(29)26(11-12-27(21)23)18-7-9-19(30-4)10-8-18/h5-13,16H,1-4H3. The van der Waals surface area contributed by atoms with E-state index in [4.69, 9.17) is 4.74 Å². The smallest absolute Gasteiger partial charge is 0.300 e. The van der Waals surface area contributed by atoms with Gasteiger partial charge in [-0.1, -0.05) is 23.9 Å². The number of hydrogen-bond acceptors (Lipinski definition) is 6. The number of nitrogens with zero attached hydrogens (tertiary/aromatic N) is 4. The van der Waals surface area contributed by atoms with Crippen molar-refractivity contribution in [3.63, 3.8) is 0 Å². The Hall–Kier alpha value is -3.39. The molecule has 0 saturated carbocycles. The van der Waals surface area contributed by atoms with Gasteiger partial charge in [-0.15, -0.1) is 10.2 Å². The molecule has 0 aliphatic heterocycles. The molecule has 4 aromatic rings. The molecule has 31 heavy (non-hydrogen) atoms. The number of carbonyl (C=O) groups excluding carboxylic acids is 1. The van der Waals surface area contributed by atoms with Crippen molar-refractivity contribution in [2.24, 2.45) is 0 Å². The fraction of sp³-hybridized carbons (Fsp3) is 0.217. The predicted octanol–water partition coefficient (Wildman–Crippen LogP) is 3.87. The van der Waals surface area contributed by atoms with E-state index in [0.717, 1.165) is 11.1 Å². The highest BCUT2D eigenvalue weighted by molar-refractivity contribution is 8.00. The summed E-state index contributed by atoms with van der Waals surface area (Å²) in [6.45, 7) is 5.84. The second kappa shape index (κ2) is 8.39. The molecule has 1 unspecified atom stereocenters. The van der Waals surface area contributed by atoms with E-state index in [-0.39, 0.29) is 22.2 Å². The van der Waals surface area contributed by atoms with Crippen LogP contribution in [0.2, 0.25) is 0 Å². The Morgan fingerprint density at radius 3 is 2.45 bits per heavy atom. The lowest BCUT2D eigenvalue weighted by Gasteiger charge is -2.11. The van der Waals surface area contributed by atoms with E-state index in [1.165, 1.54) is 16.3 Å². The number of thioether (sulfide) groups is 1. The molecule has 0 aliphatic rings. The first-order chi connectivity index (χ1) is 14.9. The van der Waals surface area contributed by atoms with Crippen LogP contribution in [0.4, 0.5) is 0 Å². The summed E-state index contributed by atoms with van der Waals surface area (Å²) in [5, 5.41) is 8.35. The van der Waals surface area contributed by atoms with Crippen LogP contribution in [0, 0.1) is 13.8 Å². The minimum atomic E-state index is -0.376. The van der Waals surface area contributed by atoms with Crippen LogP contribution >= 0.6 is 11.8 Å². The largest absolute Gasteiger partial charge is 0.497 e. The summed E-state index contributed by atoms with van der Waals surface area (Å²) >= 11 is 1.28. The summed E-state index contributed by atoms with van der Waals surface area (Å²) < 4.78 is 8.29. The second-order valence-corrected chi connectivity index (χ2v) is 8.58. The Bertz CT molecular complexity index is 1330. The number of Topliss-reactive ketones (excluding diaryl/α,β-unsaturated/α-hetero) is 1. The number of benzene rings is 2. The van der Waals surface area contributed by atoms with Crippen molar-refractivity contribution in [1.29, 1.82) is 0 Å². The molecule has 0 spiro atoms. The SMILES string of the molecule is COc1ccc(-n2ccn3c(SC(C)C(=O)c4ccc(C)c(C)c4)nnc3c2=O)cc1. The molecule has 4 rings (SSSR count). The van der Waals surface area contributed by atoms with E-state index in [9.17, 15) is 9.59 Å². The number of rotatable bonds is 6. The van der Waals surface area contributed by atoms with Crippen LogP contribution in [-0.2, 0) is 0 Å². The van der Waals surface area contributed by atoms with Crippen molar-refractivity contribution in [2.75, 3.05) is 7.11 Å². The van der Waals surface area contributed by atoms with E-state index in [1.807, 2.05) is 39.0 Å². The first kappa shape index (κ1) is 20.9. The van der Waals surface area contributed by atoms with E-state index in [0.29, 0.717) is 22.2 Å². The molecular formula is C23H22N4O3S. The fourth-order valence-corrected chi connectivity index (χ4v) is 4.14. The second-order valence-electron chi connectivity index (χ2n) is 7.27. The maximum absolute atomic E-state index is 12.9. The molecule has 7 nitrogen and oxygen atoms in total.